The molecule has 20 heavy (non-hydrogen) atoms. The molecule has 0 radical (unpaired) electrons. The molecule has 0 bridgehead atoms. The van der Waals surface area contributed by atoms with Crippen LogP contribution in [0, 0.1) is 6.92 Å². The van der Waals surface area contributed by atoms with Crippen LogP contribution >= 0.6 is 0 Å². The Hall–Kier alpha value is -1.81. The maximum Gasteiger partial charge on any atom is 0.135 e. The van der Waals surface area contributed by atoms with Gasteiger partial charge in [0.05, 0.1) is 5.69 Å². The van der Waals surface area contributed by atoms with Gasteiger partial charge in [0.1, 0.15) is 5.82 Å². The summed E-state index contributed by atoms with van der Waals surface area (Å²) in [4.78, 5) is 2.19. The molecule has 0 spiro atoms. The molecule has 0 saturated heterocycles. The van der Waals surface area contributed by atoms with Gasteiger partial charge in [0, 0.05) is 37.9 Å². The molecule has 0 atom stereocenters. The van der Waals surface area contributed by atoms with Crippen molar-refractivity contribution >= 4 is 11.5 Å². The lowest BCUT2D eigenvalue weighted by molar-refractivity contribution is 0.587. The van der Waals surface area contributed by atoms with Crippen molar-refractivity contribution in [3.63, 3.8) is 0 Å². The van der Waals surface area contributed by atoms with E-state index in [0.29, 0.717) is 6.04 Å². The fraction of sp³-hybridized carbons (Fsp3) is 0.438. The Bertz CT molecular complexity index is 557. The molecule has 1 heterocycles. The zero-order chi connectivity index (χ0) is 14.7. The first-order chi connectivity index (χ1) is 9.50. The Kier molecular flexibility index (Phi) is 4.45. The summed E-state index contributed by atoms with van der Waals surface area (Å²) in [5, 5.41) is 8.05. The van der Waals surface area contributed by atoms with Crippen LogP contribution in [0.4, 0.5) is 11.5 Å². The number of nitrogens with zero attached hydrogens (tertiary/aromatic N) is 3. The number of aromatic nitrogens is 2. The van der Waals surface area contributed by atoms with Crippen molar-refractivity contribution in [2.45, 2.75) is 33.4 Å². The molecule has 4 heteroatoms. The van der Waals surface area contributed by atoms with Crippen molar-refractivity contribution in [3.05, 3.63) is 41.6 Å². The first kappa shape index (κ1) is 14.6. The lowest BCUT2D eigenvalue weighted by Crippen LogP contribution is -2.24. The predicted octanol–water partition coefficient (Wildman–Crippen LogP) is 2.99. The van der Waals surface area contributed by atoms with Gasteiger partial charge in [-0.3, -0.25) is 4.68 Å². The first-order valence-corrected chi connectivity index (χ1v) is 7.05. The Morgan fingerprint density at radius 3 is 2.50 bits per heavy atom. The van der Waals surface area contributed by atoms with Gasteiger partial charge in [-0.05, 0) is 19.1 Å². The zero-order valence-electron chi connectivity index (χ0n) is 13.0. The summed E-state index contributed by atoms with van der Waals surface area (Å²) in [7, 11) is 4.09. The number of anilines is 2. The standard InChI is InChI=1S/C16H24N4/c1-12(2)17-11-15-13(3)18-20(5)16(15)19(4)14-9-7-6-8-10-14/h6-10,12,17H,11H2,1-5H3. The molecule has 0 unspecified atom stereocenters. The number of para-hydroxylation sites is 1. The summed E-state index contributed by atoms with van der Waals surface area (Å²) in [6.07, 6.45) is 0. The number of rotatable bonds is 5. The largest absolute Gasteiger partial charge is 0.329 e. The number of hydrogen-bond donors (Lipinski definition) is 1. The van der Waals surface area contributed by atoms with E-state index in [-0.39, 0.29) is 0 Å². The van der Waals surface area contributed by atoms with Crippen LogP contribution < -0.4 is 10.2 Å². The van der Waals surface area contributed by atoms with Crippen LogP contribution in [-0.4, -0.2) is 22.9 Å². The van der Waals surface area contributed by atoms with Crippen LogP contribution in [0.2, 0.25) is 0 Å². The second-order valence-corrected chi connectivity index (χ2v) is 5.44. The van der Waals surface area contributed by atoms with Crippen molar-refractivity contribution in [2.75, 3.05) is 11.9 Å². The van der Waals surface area contributed by atoms with Crippen molar-refractivity contribution < 1.29 is 0 Å². The summed E-state index contributed by atoms with van der Waals surface area (Å²) in [6.45, 7) is 7.22. The van der Waals surface area contributed by atoms with Crippen LogP contribution in [0.25, 0.3) is 0 Å². The maximum absolute atomic E-state index is 4.57. The van der Waals surface area contributed by atoms with Crippen LogP contribution in [0.5, 0.6) is 0 Å². The van der Waals surface area contributed by atoms with Gasteiger partial charge < -0.3 is 10.2 Å². The van der Waals surface area contributed by atoms with Crippen LogP contribution in [0.15, 0.2) is 30.3 Å². The molecule has 4 nitrogen and oxygen atoms in total. The quantitative estimate of drug-likeness (QED) is 0.908. The van der Waals surface area contributed by atoms with E-state index in [9.17, 15) is 0 Å². The molecule has 108 valence electrons. The third-order valence-electron chi connectivity index (χ3n) is 3.46. The number of hydrogen-bond acceptors (Lipinski definition) is 3. The molecule has 0 fully saturated rings. The maximum atomic E-state index is 4.57. The van der Waals surface area contributed by atoms with Gasteiger partial charge in [-0.1, -0.05) is 32.0 Å². The van der Waals surface area contributed by atoms with Gasteiger partial charge in [0.2, 0.25) is 0 Å². The lowest BCUT2D eigenvalue weighted by Gasteiger charge is -2.21. The van der Waals surface area contributed by atoms with E-state index in [1.54, 1.807) is 0 Å². The van der Waals surface area contributed by atoms with Crippen molar-refractivity contribution in [2.24, 2.45) is 7.05 Å². The van der Waals surface area contributed by atoms with Gasteiger partial charge in [0.15, 0.2) is 0 Å². The van der Waals surface area contributed by atoms with E-state index in [4.69, 9.17) is 0 Å². The third-order valence-corrected chi connectivity index (χ3v) is 3.46. The monoisotopic (exact) mass is 272 g/mol. The Labute approximate surface area is 121 Å². The molecule has 0 amide bonds. The normalized spacial score (nSPS) is 11.1. The van der Waals surface area contributed by atoms with Gasteiger partial charge in [-0.15, -0.1) is 0 Å². The number of nitrogens with one attached hydrogen (secondary N) is 1. The van der Waals surface area contributed by atoms with Gasteiger partial charge in [0.25, 0.3) is 0 Å². The summed E-state index contributed by atoms with van der Waals surface area (Å²) in [5.74, 6) is 1.14. The highest BCUT2D eigenvalue weighted by atomic mass is 15.4. The fourth-order valence-corrected chi connectivity index (χ4v) is 2.40. The molecule has 0 aliphatic rings. The average molecular weight is 272 g/mol. The van der Waals surface area contributed by atoms with Crippen molar-refractivity contribution in [1.29, 1.82) is 0 Å². The Balaban J connectivity index is 2.35. The van der Waals surface area contributed by atoms with E-state index in [1.807, 2.05) is 17.8 Å². The fourth-order valence-electron chi connectivity index (χ4n) is 2.40. The van der Waals surface area contributed by atoms with Crippen LogP contribution in [-0.2, 0) is 13.6 Å². The smallest absolute Gasteiger partial charge is 0.135 e. The van der Waals surface area contributed by atoms with Crippen LogP contribution in [0.3, 0.4) is 0 Å². The first-order valence-electron chi connectivity index (χ1n) is 7.05. The SMILES string of the molecule is Cc1nn(C)c(N(C)c2ccccc2)c1CNC(C)C. The highest BCUT2D eigenvalue weighted by molar-refractivity contribution is 5.63. The third kappa shape index (κ3) is 3.02. The van der Waals surface area contributed by atoms with Gasteiger partial charge in [-0.2, -0.15) is 5.10 Å². The van der Waals surface area contributed by atoms with E-state index < -0.39 is 0 Å². The topological polar surface area (TPSA) is 33.1 Å². The molecule has 1 N–H and O–H groups in total. The molecular formula is C16H24N4. The highest BCUT2D eigenvalue weighted by Gasteiger charge is 2.17. The molecule has 1 aromatic carbocycles. The van der Waals surface area contributed by atoms with Crippen LogP contribution in [0.1, 0.15) is 25.1 Å². The molecular weight excluding hydrogens is 248 g/mol. The minimum atomic E-state index is 0.462. The number of aryl methyl sites for hydroxylation is 2. The second-order valence-electron chi connectivity index (χ2n) is 5.44. The minimum Gasteiger partial charge on any atom is -0.329 e. The second kappa shape index (κ2) is 6.09. The summed E-state index contributed by atoms with van der Waals surface area (Å²) in [5.41, 5.74) is 3.51. The lowest BCUT2D eigenvalue weighted by atomic mass is 10.2. The average Bonchev–Trinajstić information content (AvgIpc) is 2.70. The van der Waals surface area contributed by atoms with Crippen molar-refractivity contribution in [1.82, 2.24) is 15.1 Å². The summed E-state index contributed by atoms with van der Waals surface area (Å²) in [6, 6.07) is 10.8. The van der Waals surface area contributed by atoms with E-state index in [0.717, 1.165) is 18.1 Å². The molecule has 0 saturated carbocycles. The zero-order valence-corrected chi connectivity index (χ0v) is 13.0. The Morgan fingerprint density at radius 1 is 1.25 bits per heavy atom. The molecule has 2 aromatic rings. The van der Waals surface area contributed by atoms with E-state index >= 15 is 0 Å². The highest BCUT2D eigenvalue weighted by Crippen LogP contribution is 2.28. The molecule has 0 aliphatic carbocycles. The number of benzene rings is 1. The summed E-state index contributed by atoms with van der Waals surface area (Å²) >= 11 is 0. The molecule has 1 aromatic heterocycles. The van der Waals surface area contributed by atoms with Gasteiger partial charge >= 0.3 is 0 Å². The van der Waals surface area contributed by atoms with E-state index in [2.05, 4.69) is 67.4 Å². The molecule has 0 aliphatic heterocycles. The minimum absolute atomic E-state index is 0.462. The van der Waals surface area contributed by atoms with E-state index in [1.165, 1.54) is 11.3 Å². The predicted molar refractivity (Wildman–Crippen MR) is 84.4 cm³/mol. The molecule has 2 rings (SSSR count). The van der Waals surface area contributed by atoms with Crippen molar-refractivity contribution in [3.8, 4) is 0 Å². The van der Waals surface area contributed by atoms with Gasteiger partial charge in [-0.25, -0.2) is 0 Å². The summed E-state index contributed by atoms with van der Waals surface area (Å²) < 4.78 is 1.96. The Morgan fingerprint density at radius 2 is 1.90 bits per heavy atom.